The van der Waals surface area contributed by atoms with Crippen molar-refractivity contribution in [2.24, 2.45) is 0 Å². The van der Waals surface area contributed by atoms with Crippen molar-refractivity contribution in [2.45, 2.75) is 52.9 Å². The monoisotopic (exact) mass is 300 g/mol. The van der Waals surface area contributed by atoms with E-state index in [9.17, 15) is 4.79 Å². The van der Waals surface area contributed by atoms with Gasteiger partial charge in [0, 0.05) is 17.7 Å². The Morgan fingerprint density at radius 3 is 2.32 bits per heavy atom. The molecule has 118 valence electrons. The van der Waals surface area contributed by atoms with Crippen LogP contribution < -0.4 is 5.32 Å². The Hall–Kier alpha value is -2.10. The summed E-state index contributed by atoms with van der Waals surface area (Å²) in [5.74, 6) is 0.795. The van der Waals surface area contributed by atoms with Gasteiger partial charge in [-0.2, -0.15) is 0 Å². The number of hydrogen-bond donors (Lipinski definition) is 1. The van der Waals surface area contributed by atoms with Gasteiger partial charge in [-0.15, -0.1) is 0 Å². The molecule has 0 unspecified atom stereocenters. The molecule has 1 heterocycles. The van der Waals surface area contributed by atoms with Crippen LogP contribution in [0.5, 0.6) is 0 Å². The van der Waals surface area contributed by atoms with Crippen molar-refractivity contribution in [1.82, 2.24) is 5.16 Å². The summed E-state index contributed by atoms with van der Waals surface area (Å²) in [6, 6.07) is 8.02. The smallest absolute Gasteiger partial charge is 0.224 e. The maximum absolute atomic E-state index is 12.0. The minimum Gasteiger partial charge on any atom is -0.361 e. The number of nitrogens with zero attached hydrogens (tertiary/aromatic N) is 1. The zero-order valence-electron chi connectivity index (χ0n) is 14.0. The Balaban J connectivity index is 1.92. The number of rotatable bonds is 4. The summed E-state index contributed by atoms with van der Waals surface area (Å²) in [7, 11) is 0. The van der Waals surface area contributed by atoms with E-state index in [-0.39, 0.29) is 11.3 Å². The predicted molar refractivity (Wildman–Crippen MR) is 88.1 cm³/mol. The van der Waals surface area contributed by atoms with E-state index in [0.29, 0.717) is 12.8 Å². The molecule has 0 spiro atoms. The van der Waals surface area contributed by atoms with Crippen LogP contribution in [-0.2, 0) is 16.6 Å². The molecular formula is C18H24N2O2. The number of benzene rings is 1. The highest BCUT2D eigenvalue weighted by atomic mass is 16.5. The summed E-state index contributed by atoms with van der Waals surface area (Å²) in [6.45, 7) is 10.3. The van der Waals surface area contributed by atoms with E-state index in [1.165, 1.54) is 5.56 Å². The van der Waals surface area contributed by atoms with Gasteiger partial charge in [0.05, 0.1) is 5.69 Å². The fourth-order valence-corrected chi connectivity index (χ4v) is 2.37. The molecule has 0 saturated heterocycles. The highest BCUT2D eigenvalue weighted by Gasteiger charge is 2.14. The summed E-state index contributed by atoms with van der Waals surface area (Å²) in [6.07, 6.45) is 1.07. The fraction of sp³-hybridized carbons (Fsp3) is 0.444. The molecule has 1 aromatic heterocycles. The number of aryl methyl sites for hydroxylation is 2. The number of amides is 1. The number of aromatic nitrogens is 1. The Labute approximate surface area is 131 Å². The molecule has 22 heavy (non-hydrogen) atoms. The molecule has 2 aromatic rings. The molecule has 0 aliphatic rings. The first-order valence-electron chi connectivity index (χ1n) is 7.59. The number of hydrogen-bond acceptors (Lipinski definition) is 3. The first-order chi connectivity index (χ1) is 10.3. The summed E-state index contributed by atoms with van der Waals surface area (Å²) in [5, 5.41) is 6.84. The molecule has 0 atom stereocenters. The highest BCUT2D eigenvalue weighted by Crippen LogP contribution is 2.23. The van der Waals surface area contributed by atoms with Crippen molar-refractivity contribution in [3.05, 3.63) is 46.8 Å². The number of carbonyl (C=O) groups is 1. The lowest BCUT2D eigenvalue weighted by atomic mass is 9.87. The average Bonchev–Trinajstić information content (AvgIpc) is 2.75. The van der Waals surface area contributed by atoms with Gasteiger partial charge in [-0.05, 0) is 43.4 Å². The van der Waals surface area contributed by atoms with E-state index in [4.69, 9.17) is 4.52 Å². The van der Waals surface area contributed by atoms with Crippen LogP contribution in [0.2, 0.25) is 0 Å². The lowest BCUT2D eigenvalue weighted by Crippen LogP contribution is -2.14. The van der Waals surface area contributed by atoms with Crippen LogP contribution in [0.4, 0.5) is 5.69 Å². The standard InChI is InChI=1S/C18H24N2O2/c1-12-16(13(2)22-20-12)10-11-17(21)19-15-8-6-14(7-9-15)18(3,4)5/h6-9H,10-11H2,1-5H3,(H,19,21). The fourth-order valence-electron chi connectivity index (χ4n) is 2.37. The lowest BCUT2D eigenvalue weighted by Gasteiger charge is -2.19. The van der Waals surface area contributed by atoms with E-state index in [0.717, 1.165) is 22.7 Å². The molecule has 0 radical (unpaired) electrons. The molecule has 4 nitrogen and oxygen atoms in total. The number of carbonyl (C=O) groups excluding carboxylic acids is 1. The summed E-state index contributed by atoms with van der Waals surface area (Å²) in [5.41, 5.74) is 4.09. The Bertz CT molecular complexity index is 629. The Kier molecular flexibility index (Phi) is 4.69. The second-order valence-corrected chi connectivity index (χ2v) is 6.68. The Morgan fingerprint density at radius 1 is 1.18 bits per heavy atom. The molecule has 1 N–H and O–H groups in total. The first-order valence-corrected chi connectivity index (χ1v) is 7.59. The molecule has 1 aromatic carbocycles. The maximum Gasteiger partial charge on any atom is 0.224 e. The van der Waals surface area contributed by atoms with Gasteiger partial charge in [-0.1, -0.05) is 38.1 Å². The van der Waals surface area contributed by atoms with Gasteiger partial charge >= 0.3 is 0 Å². The largest absolute Gasteiger partial charge is 0.361 e. The minimum absolute atomic E-state index is 0.00325. The molecular weight excluding hydrogens is 276 g/mol. The summed E-state index contributed by atoms with van der Waals surface area (Å²) in [4.78, 5) is 12.0. The predicted octanol–water partition coefficient (Wildman–Crippen LogP) is 4.16. The lowest BCUT2D eigenvalue weighted by molar-refractivity contribution is -0.116. The highest BCUT2D eigenvalue weighted by molar-refractivity contribution is 5.90. The third-order valence-electron chi connectivity index (χ3n) is 3.82. The van der Waals surface area contributed by atoms with Gasteiger partial charge in [0.1, 0.15) is 5.76 Å². The van der Waals surface area contributed by atoms with Crippen molar-refractivity contribution in [2.75, 3.05) is 5.32 Å². The third kappa shape index (κ3) is 3.97. The van der Waals surface area contributed by atoms with Gasteiger partial charge in [-0.25, -0.2) is 0 Å². The van der Waals surface area contributed by atoms with Gasteiger partial charge in [0.2, 0.25) is 5.91 Å². The first kappa shape index (κ1) is 16.3. The number of anilines is 1. The molecule has 1 amide bonds. The van der Waals surface area contributed by atoms with Crippen LogP contribution in [0.25, 0.3) is 0 Å². The zero-order valence-corrected chi connectivity index (χ0v) is 14.0. The van der Waals surface area contributed by atoms with E-state index in [1.54, 1.807) is 0 Å². The van der Waals surface area contributed by atoms with E-state index in [1.807, 2.05) is 26.0 Å². The summed E-state index contributed by atoms with van der Waals surface area (Å²) >= 11 is 0. The number of nitrogens with one attached hydrogen (secondary N) is 1. The minimum atomic E-state index is 0.00325. The summed E-state index contributed by atoms with van der Waals surface area (Å²) < 4.78 is 5.11. The van der Waals surface area contributed by atoms with E-state index < -0.39 is 0 Å². The molecule has 0 bridgehead atoms. The molecule has 0 aliphatic carbocycles. The molecule has 0 fully saturated rings. The average molecular weight is 300 g/mol. The third-order valence-corrected chi connectivity index (χ3v) is 3.82. The van der Waals surface area contributed by atoms with Crippen molar-refractivity contribution in [3.63, 3.8) is 0 Å². The van der Waals surface area contributed by atoms with Crippen LogP contribution in [0.15, 0.2) is 28.8 Å². The Morgan fingerprint density at radius 2 is 1.82 bits per heavy atom. The molecule has 0 saturated carbocycles. The van der Waals surface area contributed by atoms with Crippen LogP contribution in [0.1, 0.15) is 49.8 Å². The molecule has 2 rings (SSSR count). The second kappa shape index (κ2) is 6.34. The molecule has 0 aliphatic heterocycles. The normalized spacial score (nSPS) is 11.5. The second-order valence-electron chi connectivity index (χ2n) is 6.68. The maximum atomic E-state index is 12.0. The van der Waals surface area contributed by atoms with Gasteiger partial charge in [0.25, 0.3) is 0 Å². The van der Waals surface area contributed by atoms with Gasteiger partial charge in [-0.3, -0.25) is 4.79 Å². The van der Waals surface area contributed by atoms with Crippen molar-refractivity contribution < 1.29 is 9.32 Å². The van der Waals surface area contributed by atoms with E-state index in [2.05, 4.69) is 43.4 Å². The van der Waals surface area contributed by atoms with Gasteiger partial charge < -0.3 is 9.84 Å². The van der Waals surface area contributed by atoms with Crippen LogP contribution in [-0.4, -0.2) is 11.1 Å². The van der Waals surface area contributed by atoms with Crippen molar-refractivity contribution >= 4 is 11.6 Å². The van der Waals surface area contributed by atoms with Crippen LogP contribution >= 0.6 is 0 Å². The quantitative estimate of drug-likeness (QED) is 0.922. The van der Waals surface area contributed by atoms with Crippen molar-refractivity contribution in [1.29, 1.82) is 0 Å². The van der Waals surface area contributed by atoms with Gasteiger partial charge in [0.15, 0.2) is 0 Å². The topological polar surface area (TPSA) is 55.1 Å². The van der Waals surface area contributed by atoms with Crippen LogP contribution in [0, 0.1) is 13.8 Å². The zero-order chi connectivity index (χ0) is 16.3. The SMILES string of the molecule is Cc1noc(C)c1CCC(=O)Nc1ccc(C(C)(C)C)cc1. The molecule has 4 heteroatoms. The van der Waals surface area contributed by atoms with Crippen molar-refractivity contribution in [3.8, 4) is 0 Å². The van der Waals surface area contributed by atoms with Crippen LogP contribution in [0.3, 0.4) is 0 Å². The van der Waals surface area contributed by atoms with E-state index >= 15 is 0 Å².